The molecule has 0 spiro atoms. The maximum atomic E-state index is 13.5. The average molecular weight is 806 g/mol. The van der Waals surface area contributed by atoms with E-state index < -0.39 is 64.9 Å². The molecule has 0 saturated heterocycles. The van der Waals surface area contributed by atoms with Gasteiger partial charge in [-0.1, -0.05) is 45.0 Å². The fraction of sp³-hybridized carbons (Fsp3) is 0.382. The van der Waals surface area contributed by atoms with E-state index in [2.05, 4.69) is 49.8 Å². The fourth-order valence-corrected chi connectivity index (χ4v) is 4.14. The Labute approximate surface area is 295 Å². The Morgan fingerprint density at radius 1 is 0.688 bits per heavy atom. The van der Waals surface area contributed by atoms with Crippen molar-refractivity contribution in [3.8, 4) is 0 Å². The van der Waals surface area contributed by atoms with Crippen molar-refractivity contribution in [3.05, 3.63) is 92.4 Å². The summed E-state index contributed by atoms with van der Waals surface area (Å²) in [5.74, 6) is -4.20. The van der Waals surface area contributed by atoms with Crippen LogP contribution >= 0.6 is 31.9 Å². The zero-order valence-electron chi connectivity index (χ0n) is 28.2. The summed E-state index contributed by atoms with van der Waals surface area (Å²) in [7, 11) is 0. The third kappa shape index (κ3) is 17.4. The van der Waals surface area contributed by atoms with Crippen LogP contribution < -0.4 is 0 Å². The number of halogens is 4. The summed E-state index contributed by atoms with van der Waals surface area (Å²) in [6, 6.07) is 7.72. The van der Waals surface area contributed by atoms with Gasteiger partial charge in [0.05, 0.1) is 11.1 Å². The van der Waals surface area contributed by atoms with Crippen molar-refractivity contribution in [1.82, 2.24) is 0 Å². The first kappa shape index (κ1) is 44.2. The quantitative estimate of drug-likeness (QED) is 0.128. The predicted octanol–water partition coefficient (Wildman–Crippen LogP) is 7.71. The summed E-state index contributed by atoms with van der Waals surface area (Å²) >= 11 is 6.44. The van der Waals surface area contributed by atoms with Crippen LogP contribution in [0.3, 0.4) is 0 Å². The van der Waals surface area contributed by atoms with Crippen LogP contribution in [0.2, 0.25) is 0 Å². The van der Waals surface area contributed by atoms with Crippen molar-refractivity contribution in [2.45, 2.75) is 85.7 Å². The van der Waals surface area contributed by atoms with Gasteiger partial charge >= 0.3 is 29.8 Å². The van der Waals surface area contributed by atoms with Gasteiger partial charge in [0.25, 0.3) is 0 Å². The van der Waals surface area contributed by atoms with Gasteiger partial charge in [-0.05, 0) is 77.9 Å². The molecule has 0 fully saturated rings. The molecule has 0 radical (unpaired) electrons. The molecule has 0 aliphatic carbocycles. The molecule has 0 aliphatic heterocycles. The number of hydrogen-bond acceptors (Lipinski definition) is 10. The number of ether oxygens (including phenoxy) is 4. The van der Waals surface area contributed by atoms with Gasteiger partial charge in [0.15, 0.2) is 6.10 Å². The molecule has 0 saturated carbocycles. The molecule has 48 heavy (non-hydrogen) atoms. The van der Waals surface area contributed by atoms with E-state index >= 15 is 0 Å². The Balaban J connectivity index is 0.000000774. The largest absolute Gasteiger partial charge is 0.457 e. The molecule has 0 heterocycles. The second kappa shape index (κ2) is 19.3. The molecule has 0 bridgehead atoms. The molecule has 2 unspecified atom stereocenters. The summed E-state index contributed by atoms with van der Waals surface area (Å²) in [4.78, 5) is 54.8. The molecular weight excluding hydrogens is 766 g/mol. The summed E-state index contributed by atoms with van der Waals surface area (Å²) < 4.78 is 47.0. The normalized spacial score (nSPS) is 12.0. The minimum atomic E-state index is -1.32. The van der Waals surface area contributed by atoms with Crippen LogP contribution in [0, 0.1) is 11.6 Å². The van der Waals surface area contributed by atoms with Crippen LogP contribution in [0.15, 0.2) is 69.6 Å². The van der Waals surface area contributed by atoms with Crippen molar-refractivity contribution >= 4 is 61.7 Å². The summed E-state index contributed by atoms with van der Waals surface area (Å²) in [6.07, 6.45) is -2.45. The fourth-order valence-electron chi connectivity index (χ4n) is 3.22. The topological polar surface area (TPSA) is 142 Å². The van der Waals surface area contributed by atoms with Crippen molar-refractivity contribution in [2.24, 2.45) is 0 Å². The van der Waals surface area contributed by atoms with E-state index in [9.17, 15) is 37.9 Å². The van der Waals surface area contributed by atoms with E-state index in [4.69, 9.17) is 14.2 Å². The van der Waals surface area contributed by atoms with Gasteiger partial charge in [-0.3, -0.25) is 14.4 Å². The number of rotatable bonds is 7. The van der Waals surface area contributed by atoms with E-state index in [0.29, 0.717) is 8.95 Å². The highest BCUT2D eigenvalue weighted by Crippen LogP contribution is 2.33. The lowest BCUT2D eigenvalue weighted by Gasteiger charge is -2.24. The molecule has 1 N–H and O–H groups in total. The number of carbonyl (C=O) groups is 5. The summed E-state index contributed by atoms with van der Waals surface area (Å²) in [5, 5.41) is 10.1. The lowest BCUT2D eigenvalue weighted by molar-refractivity contribution is -0.157. The van der Waals surface area contributed by atoms with Gasteiger partial charge in [0.1, 0.15) is 28.9 Å². The zero-order valence-corrected chi connectivity index (χ0v) is 31.3. The van der Waals surface area contributed by atoms with Crippen molar-refractivity contribution in [1.29, 1.82) is 0 Å². The van der Waals surface area contributed by atoms with Crippen molar-refractivity contribution < 1.29 is 56.8 Å². The Kier molecular flexibility index (Phi) is 17.8. The van der Waals surface area contributed by atoms with Crippen molar-refractivity contribution in [2.75, 3.05) is 0 Å². The van der Waals surface area contributed by atoms with Gasteiger partial charge in [-0.15, -0.1) is 0 Å². The number of carbonyl (C=O) groups excluding carboxylic acids is 5. The van der Waals surface area contributed by atoms with E-state index in [1.54, 1.807) is 41.5 Å². The molecule has 2 aromatic carbocycles. The van der Waals surface area contributed by atoms with Crippen LogP contribution in [0.1, 0.15) is 85.6 Å². The predicted molar refractivity (Wildman–Crippen MR) is 180 cm³/mol. The Morgan fingerprint density at radius 3 is 1.42 bits per heavy atom. The highest BCUT2D eigenvalue weighted by Gasteiger charge is 2.30. The van der Waals surface area contributed by atoms with Gasteiger partial charge < -0.3 is 24.1 Å². The summed E-state index contributed by atoms with van der Waals surface area (Å²) in [6.45, 7) is 21.0. The Bertz CT molecular complexity index is 1510. The van der Waals surface area contributed by atoms with Crippen LogP contribution in [0.5, 0.6) is 0 Å². The average Bonchev–Trinajstić information content (AvgIpc) is 2.91. The molecule has 2 atom stereocenters. The third-order valence-corrected chi connectivity index (χ3v) is 6.48. The number of hydrogen-bond donors (Lipinski definition) is 1. The molecule has 0 amide bonds. The molecule has 14 heteroatoms. The van der Waals surface area contributed by atoms with Crippen LogP contribution in [-0.2, 0) is 42.9 Å². The molecular formula is C34H40Br2F2O10. The monoisotopic (exact) mass is 804 g/mol. The third-order valence-electron chi connectivity index (χ3n) is 5.03. The van der Waals surface area contributed by atoms with E-state index in [0.717, 1.165) is 6.07 Å². The number of aliphatic hydroxyl groups is 1. The SMILES string of the molecule is C=C(C(=O)OC(C)(C)C)C(O)c1cc(F)ccc1Br.C=C(C(=O)OC(C)(C)C)C(OC(C)=O)c1cc(F)ccc1Br.CC(=O)OC(C)=O. The number of esters is 5. The minimum Gasteiger partial charge on any atom is -0.457 e. The van der Waals surface area contributed by atoms with E-state index in [-0.39, 0.29) is 22.3 Å². The number of aliphatic hydroxyl groups excluding tert-OH is 1. The second-order valence-corrected chi connectivity index (χ2v) is 13.6. The molecule has 2 rings (SSSR count). The Hall–Kier alpha value is -3.75. The van der Waals surface area contributed by atoms with Crippen LogP contribution in [-0.4, -0.2) is 46.2 Å². The molecule has 0 aliphatic rings. The van der Waals surface area contributed by atoms with Crippen LogP contribution in [0.4, 0.5) is 8.78 Å². The maximum absolute atomic E-state index is 13.5. The maximum Gasteiger partial charge on any atom is 0.338 e. The van der Waals surface area contributed by atoms with E-state index in [1.807, 2.05) is 0 Å². The van der Waals surface area contributed by atoms with Gasteiger partial charge in [0.2, 0.25) is 0 Å². The zero-order chi connectivity index (χ0) is 37.7. The minimum absolute atomic E-state index is 0.0866. The van der Waals surface area contributed by atoms with E-state index in [1.165, 1.54) is 51.1 Å². The van der Waals surface area contributed by atoms with Gasteiger partial charge in [-0.25, -0.2) is 18.4 Å². The summed E-state index contributed by atoms with van der Waals surface area (Å²) in [5.41, 5.74) is -1.11. The highest BCUT2D eigenvalue weighted by molar-refractivity contribution is 9.10. The lowest BCUT2D eigenvalue weighted by Crippen LogP contribution is -2.27. The standard InChI is InChI=1S/C16H18BrFO4.C14H16BrFO3.C4H6O3/c1-9(15(20)22-16(3,4)5)14(21-10(2)19)12-8-11(18)6-7-13(12)17;1-8(13(18)19-14(2,3)4)12(17)10-7-9(16)5-6-11(10)15;1-3(5)7-4(2)6/h6-8,14H,1H2,2-5H3;5-7,12,17H,1H2,2-4H3;1-2H3. The smallest absolute Gasteiger partial charge is 0.338 e. The van der Waals surface area contributed by atoms with Crippen molar-refractivity contribution in [3.63, 3.8) is 0 Å². The highest BCUT2D eigenvalue weighted by atomic mass is 79.9. The van der Waals surface area contributed by atoms with Gasteiger partial charge in [-0.2, -0.15) is 0 Å². The van der Waals surface area contributed by atoms with Crippen LogP contribution in [0.25, 0.3) is 0 Å². The molecule has 0 aromatic heterocycles. The molecule has 264 valence electrons. The first-order valence-electron chi connectivity index (χ1n) is 14.0. The number of benzene rings is 2. The van der Waals surface area contributed by atoms with Gasteiger partial charge in [0, 0.05) is 40.8 Å². The molecule has 2 aromatic rings. The second-order valence-electron chi connectivity index (χ2n) is 11.9. The molecule has 10 nitrogen and oxygen atoms in total. The Morgan fingerprint density at radius 2 is 1.06 bits per heavy atom. The lowest BCUT2D eigenvalue weighted by atomic mass is 10.0. The first-order chi connectivity index (χ1) is 21.7. The first-order valence-corrected chi connectivity index (χ1v) is 15.6.